The van der Waals surface area contributed by atoms with Gasteiger partial charge in [0.15, 0.2) is 6.61 Å². The van der Waals surface area contributed by atoms with E-state index < -0.39 is 18.5 Å². The van der Waals surface area contributed by atoms with Gasteiger partial charge in [0.05, 0.1) is 23.9 Å². The quantitative estimate of drug-likeness (QED) is 0.635. The number of esters is 1. The number of hydrogen-bond donors (Lipinski definition) is 1. The predicted octanol–water partition coefficient (Wildman–Crippen LogP) is 4.01. The fourth-order valence-corrected chi connectivity index (χ4v) is 4.08. The normalized spacial score (nSPS) is 16.7. The number of ether oxygens (including phenoxy) is 2. The molecule has 1 heterocycles. The van der Waals surface area contributed by atoms with Crippen LogP contribution in [0.1, 0.15) is 40.5 Å². The van der Waals surface area contributed by atoms with Crippen LogP contribution in [0.3, 0.4) is 0 Å². The third-order valence-electron chi connectivity index (χ3n) is 5.42. The second-order valence-corrected chi connectivity index (χ2v) is 7.83. The number of benzene rings is 2. The molecule has 6 heteroatoms. The number of aromatic nitrogens is 1. The van der Waals surface area contributed by atoms with Crippen molar-refractivity contribution in [2.75, 3.05) is 13.7 Å². The minimum absolute atomic E-state index is 0.322. The summed E-state index contributed by atoms with van der Waals surface area (Å²) in [7, 11) is 1.64. The number of carbonyl (C=O) groups is 2. The molecule has 31 heavy (non-hydrogen) atoms. The number of primary amides is 1. The summed E-state index contributed by atoms with van der Waals surface area (Å²) < 4.78 is 10.4. The van der Waals surface area contributed by atoms with Crippen LogP contribution in [0.2, 0.25) is 0 Å². The molecule has 2 aromatic carbocycles. The highest BCUT2D eigenvalue weighted by Gasteiger charge is 2.29. The number of nitrogens with zero attached hydrogens (tertiary/aromatic N) is 1. The Morgan fingerprint density at radius 3 is 2.58 bits per heavy atom. The lowest BCUT2D eigenvalue weighted by Gasteiger charge is -2.26. The Balaban J connectivity index is 1.87. The lowest BCUT2D eigenvalue weighted by Crippen LogP contribution is -2.23. The number of fused-ring (bicyclic) bond motifs is 2. The van der Waals surface area contributed by atoms with Crippen molar-refractivity contribution < 1.29 is 19.1 Å². The van der Waals surface area contributed by atoms with Gasteiger partial charge in [-0.2, -0.15) is 0 Å². The maximum atomic E-state index is 13.0. The molecule has 0 fully saturated rings. The fraction of sp³-hybridized carbons (Fsp3) is 0.240. The molecule has 2 N–H and O–H groups in total. The van der Waals surface area contributed by atoms with E-state index in [1.54, 1.807) is 7.11 Å². The third-order valence-corrected chi connectivity index (χ3v) is 5.42. The molecule has 0 spiro atoms. The van der Waals surface area contributed by atoms with Crippen LogP contribution in [0.5, 0.6) is 5.75 Å². The second kappa shape index (κ2) is 8.60. The van der Waals surface area contributed by atoms with E-state index in [9.17, 15) is 9.59 Å². The molecular formula is C25H24N2O4. The Hall–Kier alpha value is -3.67. The Bertz CT molecular complexity index is 1180. The van der Waals surface area contributed by atoms with Crippen LogP contribution in [0.4, 0.5) is 0 Å². The van der Waals surface area contributed by atoms with Gasteiger partial charge in [0.1, 0.15) is 5.75 Å². The summed E-state index contributed by atoms with van der Waals surface area (Å²) in [6.07, 6.45) is 3.66. The van der Waals surface area contributed by atoms with Crippen molar-refractivity contribution in [1.29, 1.82) is 0 Å². The zero-order valence-electron chi connectivity index (χ0n) is 17.6. The zero-order valence-corrected chi connectivity index (χ0v) is 17.6. The van der Waals surface area contributed by atoms with Gasteiger partial charge in [-0.25, -0.2) is 9.78 Å². The number of para-hydroxylation sites is 1. The van der Waals surface area contributed by atoms with Crippen molar-refractivity contribution in [3.63, 3.8) is 0 Å². The summed E-state index contributed by atoms with van der Waals surface area (Å²) in [5.74, 6) is -0.119. The number of amides is 1. The van der Waals surface area contributed by atoms with Gasteiger partial charge >= 0.3 is 5.97 Å². The molecule has 6 nitrogen and oxygen atoms in total. The van der Waals surface area contributed by atoms with Crippen molar-refractivity contribution in [2.45, 2.75) is 19.8 Å². The fourth-order valence-electron chi connectivity index (χ4n) is 4.08. The van der Waals surface area contributed by atoms with Crippen molar-refractivity contribution >= 4 is 34.4 Å². The van der Waals surface area contributed by atoms with E-state index in [1.165, 1.54) is 0 Å². The van der Waals surface area contributed by atoms with E-state index >= 15 is 0 Å². The molecule has 3 aromatic rings. The van der Waals surface area contributed by atoms with Crippen LogP contribution in [0.25, 0.3) is 22.6 Å². The molecule has 1 aromatic heterocycles. The molecule has 158 valence electrons. The van der Waals surface area contributed by atoms with E-state index in [0.29, 0.717) is 28.8 Å². The number of carbonyl (C=O) groups excluding carboxylic acids is 2. The molecule has 0 radical (unpaired) electrons. The molecule has 1 aliphatic carbocycles. The maximum Gasteiger partial charge on any atom is 0.339 e. The summed E-state index contributed by atoms with van der Waals surface area (Å²) in [6.45, 7) is 1.70. The van der Waals surface area contributed by atoms with E-state index in [-0.39, 0.29) is 0 Å². The molecule has 0 bridgehead atoms. The molecule has 0 aliphatic heterocycles. The summed E-state index contributed by atoms with van der Waals surface area (Å²) >= 11 is 0. The average Bonchev–Trinajstić information content (AvgIpc) is 2.76. The SMILES string of the molecule is COc1ccc(/C=C2\CC(C)Cc3c2nc2ccccc2c3C(=O)OCC(N)=O)cc1. The first-order chi connectivity index (χ1) is 15.0. The lowest BCUT2D eigenvalue weighted by atomic mass is 9.80. The van der Waals surface area contributed by atoms with Crippen molar-refractivity contribution in [3.05, 3.63) is 70.9 Å². The number of nitrogens with two attached hydrogens (primary N) is 1. The number of methoxy groups -OCH3 is 1. The van der Waals surface area contributed by atoms with Gasteiger partial charge < -0.3 is 15.2 Å². The monoisotopic (exact) mass is 416 g/mol. The zero-order chi connectivity index (χ0) is 22.0. The van der Waals surface area contributed by atoms with Gasteiger partial charge in [-0.3, -0.25) is 4.79 Å². The standard InChI is InChI=1S/C25H24N2O4/c1-15-11-17(13-16-7-9-18(30-2)10-8-16)24-20(12-15)23(25(29)31-14-22(26)28)19-5-3-4-6-21(19)27-24/h3-10,13,15H,11-12,14H2,1-2H3,(H2,26,28)/b17-13+. The number of allylic oxidation sites excluding steroid dienone is 1. The Morgan fingerprint density at radius 2 is 1.87 bits per heavy atom. The largest absolute Gasteiger partial charge is 0.497 e. The smallest absolute Gasteiger partial charge is 0.339 e. The van der Waals surface area contributed by atoms with Crippen molar-refractivity contribution in [1.82, 2.24) is 4.98 Å². The number of rotatable bonds is 5. The summed E-state index contributed by atoms with van der Waals surface area (Å²) in [6, 6.07) is 15.3. The van der Waals surface area contributed by atoms with Crippen LogP contribution in [0.15, 0.2) is 48.5 Å². The third kappa shape index (κ3) is 4.28. The minimum Gasteiger partial charge on any atom is -0.497 e. The van der Waals surface area contributed by atoms with Crippen LogP contribution in [0, 0.1) is 5.92 Å². The molecule has 1 amide bonds. The molecule has 0 saturated heterocycles. The Morgan fingerprint density at radius 1 is 1.13 bits per heavy atom. The molecular weight excluding hydrogens is 392 g/mol. The number of hydrogen-bond acceptors (Lipinski definition) is 5. The second-order valence-electron chi connectivity index (χ2n) is 7.83. The minimum atomic E-state index is -0.686. The van der Waals surface area contributed by atoms with E-state index in [1.807, 2.05) is 48.5 Å². The Kier molecular flexibility index (Phi) is 5.71. The average molecular weight is 416 g/mol. The molecule has 4 rings (SSSR count). The number of pyridine rings is 1. The predicted molar refractivity (Wildman–Crippen MR) is 120 cm³/mol. The van der Waals surface area contributed by atoms with Gasteiger partial charge in [0.2, 0.25) is 0 Å². The maximum absolute atomic E-state index is 13.0. The van der Waals surface area contributed by atoms with Gasteiger partial charge in [0, 0.05) is 5.39 Å². The van der Waals surface area contributed by atoms with Crippen LogP contribution >= 0.6 is 0 Å². The van der Waals surface area contributed by atoms with Crippen LogP contribution < -0.4 is 10.5 Å². The molecule has 1 aliphatic rings. The first-order valence-electron chi connectivity index (χ1n) is 10.2. The van der Waals surface area contributed by atoms with Crippen LogP contribution in [-0.2, 0) is 16.0 Å². The van der Waals surface area contributed by atoms with Crippen molar-refractivity contribution in [3.8, 4) is 5.75 Å². The summed E-state index contributed by atoms with van der Waals surface area (Å²) in [4.78, 5) is 29.0. The molecule has 0 saturated carbocycles. The van der Waals surface area contributed by atoms with E-state index in [2.05, 4.69) is 13.0 Å². The summed E-state index contributed by atoms with van der Waals surface area (Å²) in [5, 5.41) is 0.716. The van der Waals surface area contributed by atoms with Gasteiger partial charge in [-0.05, 0) is 59.7 Å². The highest BCUT2D eigenvalue weighted by molar-refractivity contribution is 6.07. The Labute approximate surface area is 180 Å². The van der Waals surface area contributed by atoms with Crippen molar-refractivity contribution in [2.24, 2.45) is 11.7 Å². The highest BCUT2D eigenvalue weighted by atomic mass is 16.5. The molecule has 1 atom stereocenters. The first-order valence-corrected chi connectivity index (χ1v) is 10.2. The highest BCUT2D eigenvalue weighted by Crippen LogP contribution is 2.38. The first kappa shape index (κ1) is 20.6. The van der Waals surface area contributed by atoms with E-state index in [0.717, 1.165) is 34.6 Å². The van der Waals surface area contributed by atoms with Gasteiger partial charge in [-0.1, -0.05) is 37.3 Å². The van der Waals surface area contributed by atoms with Gasteiger partial charge in [-0.15, -0.1) is 0 Å². The molecule has 1 unspecified atom stereocenters. The van der Waals surface area contributed by atoms with Gasteiger partial charge in [0.25, 0.3) is 5.91 Å². The van der Waals surface area contributed by atoms with E-state index in [4.69, 9.17) is 20.2 Å². The summed E-state index contributed by atoms with van der Waals surface area (Å²) in [5.41, 5.74) is 10.1. The van der Waals surface area contributed by atoms with Crippen LogP contribution in [-0.4, -0.2) is 30.6 Å². The lowest BCUT2D eigenvalue weighted by molar-refractivity contribution is -0.121. The topological polar surface area (TPSA) is 91.5 Å².